The number of hydrogen-bond donors (Lipinski definition) is 0. The molecule has 3 heterocycles. The van der Waals surface area contributed by atoms with Crippen LogP contribution in [0.25, 0.3) is 22.4 Å². The molecule has 0 N–H and O–H groups in total. The normalized spacial score (nSPS) is 19.2. The van der Waals surface area contributed by atoms with Gasteiger partial charge in [0.2, 0.25) is 5.71 Å². The fraction of sp³-hybridized carbons (Fsp3) is 0.478. The van der Waals surface area contributed by atoms with Crippen LogP contribution in [0.5, 0.6) is 0 Å². The van der Waals surface area contributed by atoms with Gasteiger partial charge in [-0.3, -0.25) is 4.57 Å². The number of methoxy groups -OCH3 is 1. The van der Waals surface area contributed by atoms with Crippen molar-refractivity contribution >= 4 is 11.1 Å². The lowest BCUT2D eigenvalue weighted by Gasteiger charge is -2.14. The van der Waals surface area contributed by atoms with Crippen molar-refractivity contribution in [1.82, 2.24) is 9.55 Å². The Balaban J connectivity index is 1.54. The van der Waals surface area contributed by atoms with E-state index in [2.05, 4.69) is 36.2 Å². The lowest BCUT2D eigenvalue weighted by molar-refractivity contribution is -0.0333. The summed E-state index contributed by atoms with van der Waals surface area (Å²) in [5.41, 5.74) is 2.33. The van der Waals surface area contributed by atoms with Crippen molar-refractivity contribution in [3.8, 4) is 11.3 Å². The Morgan fingerprint density at radius 2 is 2.03 bits per heavy atom. The van der Waals surface area contributed by atoms with Crippen molar-refractivity contribution in [2.75, 3.05) is 13.7 Å². The van der Waals surface area contributed by atoms with Crippen LogP contribution in [-0.4, -0.2) is 29.4 Å². The first-order valence-electron chi connectivity index (χ1n) is 10.4. The first-order chi connectivity index (χ1) is 14.2. The molecule has 0 aliphatic carbocycles. The van der Waals surface area contributed by atoms with E-state index in [0.717, 1.165) is 30.2 Å². The quantitative estimate of drug-likeness (QED) is 0.516. The molecule has 0 bridgehead atoms. The molecule has 1 fully saturated rings. The number of unbranched alkanes of at least 4 members (excludes halogenated alkanes) is 2. The molecule has 154 valence electrons. The standard InChI is InChI=1S/C23H28N2O4/c1-3-4-5-6-16-7-9-17(10-8-16)20-13-18-14-25(23(26)24-22(18)29-20)21-12-11-19(28-21)15-27-2/h7-10,13-14,19,21H,3-6,11-12,15H2,1-2H3/t19-,21+/m0/s1. The van der Waals surface area contributed by atoms with Crippen LogP contribution >= 0.6 is 0 Å². The molecular formula is C23H28N2O4. The Morgan fingerprint density at radius 1 is 1.21 bits per heavy atom. The summed E-state index contributed by atoms with van der Waals surface area (Å²) in [5, 5.41) is 0.797. The summed E-state index contributed by atoms with van der Waals surface area (Å²) in [6.45, 7) is 2.75. The third-order valence-corrected chi connectivity index (χ3v) is 5.49. The van der Waals surface area contributed by atoms with Gasteiger partial charge in [0.25, 0.3) is 0 Å². The highest BCUT2D eigenvalue weighted by molar-refractivity contribution is 5.79. The van der Waals surface area contributed by atoms with E-state index in [1.807, 2.05) is 6.07 Å². The van der Waals surface area contributed by atoms with E-state index in [0.29, 0.717) is 18.1 Å². The minimum atomic E-state index is -0.354. The summed E-state index contributed by atoms with van der Waals surface area (Å²) in [4.78, 5) is 16.6. The maximum atomic E-state index is 12.5. The molecule has 1 saturated heterocycles. The zero-order valence-electron chi connectivity index (χ0n) is 17.1. The lowest BCUT2D eigenvalue weighted by Crippen LogP contribution is -2.27. The van der Waals surface area contributed by atoms with Crippen LogP contribution in [0.1, 0.15) is 50.8 Å². The molecule has 6 nitrogen and oxygen atoms in total. The smallest absolute Gasteiger partial charge is 0.353 e. The Hall–Kier alpha value is -2.44. The highest BCUT2D eigenvalue weighted by Crippen LogP contribution is 2.30. The van der Waals surface area contributed by atoms with E-state index < -0.39 is 0 Å². The summed E-state index contributed by atoms with van der Waals surface area (Å²) in [5.74, 6) is 0.717. The number of aryl methyl sites for hydroxylation is 1. The topological polar surface area (TPSA) is 66.5 Å². The van der Waals surface area contributed by atoms with Crippen LogP contribution in [-0.2, 0) is 15.9 Å². The first-order valence-corrected chi connectivity index (χ1v) is 10.4. The Bertz CT molecular complexity index is 1010. The molecule has 29 heavy (non-hydrogen) atoms. The molecule has 6 heteroatoms. The average Bonchev–Trinajstić information content (AvgIpc) is 3.35. The van der Waals surface area contributed by atoms with Crippen LogP contribution in [0.15, 0.2) is 45.7 Å². The second kappa shape index (κ2) is 8.93. The molecule has 0 radical (unpaired) electrons. The van der Waals surface area contributed by atoms with E-state index in [-0.39, 0.29) is 18.0 Å². The molecule has 0 amide bonds. The molecule has 0 spiro atoms. The van der Waals surface area contributed by atoms with Gasteiger partial charge in [0.15, 0.2) is 0 Å². The highest BCUT2D eigenvalue weighted by atomic mass is 16.5. The molecule has 1 aromatic carbocycles. The van der Waals surface area contributed by atoms with Gasteiger partial charge in [0.05, 0.1) is 18.1 Å². The van der Waals surface area contributed by atoms with Crippen molar-refractivity contribution in [3.05, 3.63) is 52.6 Å². The van der Waals surface area contributed by atoms with Gasteiger partial charge in [-0.1, -0.05) is 44.0 Å². The van der Waals surface area contributed by atoms with Crippen LogP contribution in [0, 0.1) is 0 Å². The lowest BCUT2D eigenvalue weighted by atomic mass is 10.0. The van der Waals surface area contributed by atoms with Crippen LogP contribution in [0.2, 0.25) is 0 Å². The minimum absolute atomic E-state index is 0.0170. The maximum absolute atomic E-state index is 12.5. The van der Waals surface area contributed by atoms with E-state index in [1.54, 1.807) is 17.9 Å². The summed E-state index contributed by atoms with van der Waals surface area (Å²) in [6, 6.07) is 10.4. The van der Waals surface area contributed by atoms with E-state index >= 15 is 0 Å². The van der Waals surface area contributed by atoms with Crippen molar-refractivity contribution in [2.45, 2.75) is 57.8 Å². The van der Waals surface area contributed by atoms with E-state index in [4.69, 9.17) is 13.9 Å². The summed E-state index contributed by atoms with van der Waals surface area (Å²) in [7, 11) is 1.65. The zero-order valence-corrected chi connectivity index (χ0v) is 17.1. The Morgan fingerprint density at radius 3 is 2.79 bits per heavy atom. The number of fused-ring (bicyclic) bond motifs is 1. The fourth-order valence-electron chi connectivity index (χ4n) is 3.89. The van der Waals surface area contributed by atoms with Crippen LogP contribution in [0.3, 0.4) is 0 Å². The summed E-state index contributed by atoms with van der Waals surface area (Å²) >= 11 is 0. The second-order valence-corrected chi connectivity index (χ2v) is 7.70. The number of aromatic nitrogens is 2. The number of rotatable bonds is 8. The molecule has 2 aromatic heterocycles. The molecular weight excluding hydrogens is 368 g/mol. The van der Waals surface area contributed by atoms with Gasteiger partial charge in [-0.25, -0.2) is 4.79 Å². The molecule has 0 saturated carbocycles. The number of nitrogens with zero attached hydrogens (tertiary/aromatic N) is 2. The second-order valence-electron chi connectivity index (χ2n) is 7.70. The maximum Gasteiger partial charge on any atom is 0.353 e. The van der Waals surface area contributed by atoms with Gasteiger partial charge in [-0.2, -0.15) is 4.98 Å². The van der Waals surface area contributed by atoms with Gasteiger partial charge < -0.3 is 13.9 Å². The number of furan rings is 1. The van der Waals surface area contributed by atoms with Gasteiger partial charge in [0.1, 0.15) is 12.0 Å². The third kappa shape index (κ3) is 4.43. The fourth-order valence-corrected chi connectivity index (χ4v) is 3.89. The van der Waals surface area contributed by atoms with Gasteiger partial charge in [-0.05, 0) is 37.3 Å². The van der Waals surface area contributed by atoms with Gasteiger partial charge >= 0.3 is 5.69 Å². The first kappa shape index (κ1) is 19.9. The Labute approximate surface area is 170 Å². The SMILES string of the molecule is CCCCCc1ccc(-c2cc3cn([C@H]4CC[C@@H](COC)O4)c(=O)nc3o2)cc1. The largest absolute Gasteiger partial charge is 0.437 e. The van der Waals surface area contributed by atoms with E-state index in [1.165, 1.54) is 24.8 Å². The van der Waals surface area contributed by atoms with Crippen molar-refractivity contribution in [2.24, 2.45) is 0 Å². The molecule has 4 rings (SSSR count). The van der Waals surface area contributed by atoms with Crippen LogP contribution in [0.4, 0.5) is 0 Å². The van der Waals surface area contributed by atoms with Crippen LogP contribution < -0.4 is 5.69 Å². The predicted molar refractivity (Wildman–Crippen MR) is 112 cm³/mol. The Kier molecular flexibility index (Phi) is 6.11. The number of ether oxygens (including phenoxy) is 2. The summed E-state index contributed by atoms with van der Waals surface area (Å²) in [6.07, 6.45) is 7.93. The monoisotopic (exact) mass is 396 g/mol. The number of hydrogen-bond acceptors (Lipinski definition) is 5. The average molecular weight is 396 g/mol. The van der Waals surface area contributed by atoms with Crippen molar-refractivity contribution < 1.29 is 13.9 Å². The van der Waals surface area contributed by atoms with E-state index in [9.17, 15) is 4.79 Å². The van der Waals surface area contributed by atoms with Crippen molar-refractivity contribution in [1.29, 1.82) is 0 Å². The highest BCUT2D eigenvalue weighted by Gasteiger charge is 2.27. The number of benzene rings is 1. The molecule has 1 aliphatic heterocycles. The third-order valence-electron chi connectivity index (χ3n) is 5.49. The summed E-state index contributed by atoms with van der Waals surface area (Å²) < 4.78 is 18.5. The van der Waals surface area contributed by atoms with Crippen molar-refractivity contribution in [3.63, 3.8) is 0 Å². The predicted octanol–water partition coefficient (Wildman–Crippen LogP) is 4.71. The molecule has 1 aliphatic rings. The van der Waals surface area contributed by atoms with Gasteiger partial charge in [-0.15, -0.1) is 0 Å². The minimum Gasteiger partial charge on any atom is -0.437 e. The zero-order chi connectivity index (χ0) is 20.2. The van der Waals surface area contributed by atoms with Gasteiger partial charge in [0, 0.05) is 18.9 Å². The molecule has 3 aromatic rings. The molecule has 2 atom stereocenters. The molecule has 0 unspecified atom stereocenters.